The molecule has 0 aliphatic carbocycles. The molecule has 1 aliphatic rings. The van der Waals surface area contributed by atoms with Crippen LogP contribution >= 0.6 is 0 Å². The second-order valence-electron chi connectivity index (χ2n) is 11.2. The normalized spacial score (nSPS) is 14.0. The van der Waals surface area contributed by atoms with Crippen molar-refractivity contribution in [3.8, 4) is 0 Å². The summed E-state index contributed by atoms with van der Waals surface area (Å²) in [6.45, 7) is 0. The zero-order valence-corrected chi connectivity index (χ0v) is 28.4. The third-order valence-electron chi connectivity index (χ3n) is 8.27. The van der Waals surface area contributed by atoms with Crippen LogP contribution in [0.2, 0.25) is 0 Å². The van der Waals surface area contributed by atoms with Crippen LogP contribution in [0.5, 0.6) is 0 Å². The van der Waals surface area contributed by atoms with E-state index < -0.39 is 30.4 Å². The fraction of sp³-hybridized carbons (Fsp3) is 0.0571. The van der Waals surface area contributed by atoms with E-state index in [4.69, 9.17) is 0 Å². The van der Waals surface area contributed by atoms with E-state index in [1.807, 2.05) is 41.0 Å². The fourth-order valence-corrected chi connectivity index (χ4v) is 7.42. The van der Waals surface area contributed by atoms with Gasteiger partial charge in [-0.25, -0.2) is 8.42 Å². The summed E-state index contributed by atoms with van der Waals surface area (Å²) in [5, 5.41) is 1.68. The van der Waals surface area contributed by atoms with Crippen molar-refractivity contribution >= 4 is 75.2 Å². The van der Waals surface area contributed by atoms with Crippen LogP contribution in [-0.2, 0) is 37.4 Å². The van der Waals surface area contributed by atoms with E-state index in [-0.39, 0.29) is 14.7 Å². The first-order valence-corrected chi connectivity index (χ1v) is 18.8. The molecule has 14 heteroatoms. The molecule has 1 aromatic heterocycles. The smallest absolute Gasteiger partial charge is 0.294 e. The zero-order chi connectivity index (χ0) is 35.3. The van der Waals surface area contributed by atoms with Crippen LogP contribution < -0.4 is 9.47 Å². The lowest BCUT2D eigenvalue weighted by Gasteiger charge is -2.32. The molecule has 0 saturated heterocycles. The van der Waals surface area contributed by atoms with Gasteiger partial charge in [0.15, 0.2) is 0 Å². The molecule has 5 aromatic rings. The van der Waals surface area contributed by atoms with Crippen LogP contribution in [0.4, 0.5) is 11.4 Å². The van der Waals surface area contributed by atoms with Gasteiger partial charge in [-0.1, -0.05) is 66.8 Å². The van der Waals surface area contributed by atoms with Gasteiger partial charge in [0.25, 0.3) is 20.2 Å². The van der Waals surface area contributed by atoms with Gasteiger partial charge in [-0.05, 0) is 48.0 Å². The largest absolute Gasteiger partial charge is 0.744 e. The van der Waals surface area contributed by atoms with Gasteiger partial charge in [0.05, 0.1) is 36.8 Å². The van der Waals surface area contributed by atoms with Gasteiger partial charge in [-0.15, -0.1) is 0 Å². The van der Waals surface area contributed by atoms with Gasteiger partial charge in [0, 0.05) is 35.9 Å². The zero-order valence-electron chi connectivity index (χ0n) is 25.9. The Morgan fingerprint density at radius 1 is 0.653 bits per heavy atom. The Morgan fingerprint density at radius 3 is 1.78 bits per heavy atom. The number of hydrogen-bond acceptors (Lipinski definition) is 8. The molecule has 0 saturated carbocycles. The molecule has 6 rings (SSSR count). The predicted octanol–water partition coefficient (Wildman–Crippen LogP) is 5.55. The first-order chi connectivity index (χ1) is 23.1. The average molecular weight is 717 g/mol. The minimum absolute atomic E-state index is 0.312. The van der Waals surface area contributed by atoms with Crippen LogP contribution in [0.15, 0.2) is 130 Å². The van der Waals surface area contributed by atoms with Crippen molar-refractivity contribution in [3.05, 3.63) is 132 Å². The van der Waals surface area contributed by atoms with Crippen molar-refractivity contribution in [2.24, 2.45) is 7.05 Å². The molecule has 4 aromatic carbocycles. The second-order valence-corrected chi connectivity index (χ2v) is 15.4. The second kappa shape index (κ2) is 12.5. The first kappa shape index (κ1) is 33.9. The third kappa shape index (κ3) is 6.57. The number of rotatable bonds is 7. The Morgan fingerprint density at radius 2 is 1.18 bits per heavy atom. The van der Waals surface area contributed by atoms with E-state index in [0.717, 1.165) is 21.9 Å². The van der Waals surface area contributed by atoms with Crippen molar-refractivity contribution in [1.82, 2.24) is 0 Å². The van der Waals surface area contributed by atoms with Crippen molar-refractivity contribution in [2.45, 2.75) is 14.7 Å². The highest BCUT2D eigenvalue weighted by atomic mass is 32.2. The van der Waals surface area contributed by atoms with Crippen LogP contribution in [0.1, 0.15) is 16.7 Å². The fourth-order valence-electron chi connectivity index (χ4n) is 5.93. The van der Waals surface area contributed by atoms with Crippen LogP contribution in [0, 0.1) is 0 Å². The minimum atomic E-state index is -4.64. The first-order valence-electron chi connectivity index (χ1n) is 14.6. The van der Waals surface area contributed by atoms with E-state index in [1.54, 1.807) is 67.6 Å². The SMILES string of the molecule is CN1c2cc(S(=O)(=O)O)ccc2C(=C/C=C/C=C/C=C/c2c3ccccc3[n+](C)c3cc(S(=O)(=O)[O-])ccc23)c2ccc(S(=O)(=O)O)cc21. The number of pyridine rings is 1. The molecule has 0 spiro atoms. The summed E-state index contributed by atoms with van der Waals surface area (Å²) in [7, 11) is -10.3. The summed E-state index contributed by atoms with van der Waals surface area (Å²) in [5.74, 6) is 0. The van der Waals surface area contributed by atoms with E-state index in [0.29, 0.717) is 33.6 Å². The maximum atomic E-state index is 11.9. The molecule has 0 unspecified atom stereocenters. The van der Waals surface area contributed by atoms with Gasteiger partial charge in [-0.3, -0.25) is 9.11 Å². The topological polar surface area (TPSA) is 173 Å². The van der Waals surface area contributed by atoms with Gasteiger partial charge in [0.1, 0.15) is 17.2 Å². The summed E-state index contributed by atoms with van der Waals surface area (Å²) < 4.78 is 104. The van der Waals surface area contributed by atoms with E-state index in [2.05, 4.69) is 0 Å². The van der Waals surface area contributed by atoms with Crippen molar-refractivity contribution in [1.29, 1.82) is 0 Å². The summed E-state index contributed by atoms with van der Waals surface area (Å²) in [5.41, 5.74) is 4.93. The number of hydrogen-bond donors (Lipinski definition) is 2. The number of allylic oxidation sites excluding steroid dienone is 6. The summed E-state index contributed by atoms with van der Waals surface area (Å²) in [6.07, 6.45) is 12.6. The maximum absolute atomic E-state index is 11.9. The Labute approximate surface area is 283 Å². The molecular weight excluding hydrogens is 689 g/mol. The molecule has 0 fully saturated rings. The number of anilines is 2. The highest BCUT2D eigenvalue weighted by Crippen LogP contribution is 2.45. The Bertz CT molecular complexity index is 2570. The average Bonchev–Trinajstić information content (AvgIpc) is 3.05. The summed E-state index contributed by atoms with van der Waals surface area (Å²) in [4.78, 5) is 0.603. The van der Waals surface area contributed by atoms with Crippen LogP contribution in [0.3, 0.4) is 0 Å². The van der Waals surface area contributed by atoms with Gasteiger partial charge in [0.2, 0.25) is 11.0 Å². The molecule has 0 radical (unpaired) electrons. The molecule has 250 valence electrons. The lowest BCUT2D eigenvalue weighted by Crippen LogP contribution is -2.30. The Balaban J connectivity index is 1.36. The number of aromatic nitrogens is 1. The molecule has 2 N–H and O–H groups in total. The standard InChI is InChI=1S/C35H28N2O9S3/c1-36-32-13-9-8-12-28(32)26(29-17-14-23(20-33(29)36)47(38,39)40)10-6-4-3-5-7-11-27-30-18-15-24(48(41,42)43)21-34(30)37(2)35-22-25(49(44,45)46)16-19-31(27)35/h3-22H,1-2H3,(H2-,38,39,40,41,42,43,44,45,46). The molecule has 2 heterocycles. The number of benzene rings is 4. The Hall–Kier alpha value is -4.96. The van der Waals surface area contributed by atoms with Gasteiger partial charge >= 0.3 is 0 Å². The molecule has 0 bridgehead atoms. The highest BCUT2D eigenvalue weighted by Gasteiger charge is 2.27. The lowest BCUT2D eigenvalue weighted by molar-refractivity contribution is -0.617. The molecule has 11 nitrogen and oxygen atoms in total. The highest BCUT2D eigenvalue weighted by molar-refractivity contribution is 7.86. The van der Waals surface area contributed by atoms with Gasteiger partial charge in [-0.2, -0.15) is 21.4 Å². The minimum Gasteiger partial charge on any atom is -0.744 e. The third-order valence-corrected chi connectivity index (χ3v) is 10.8. The summed E-state index contributed by atoms with van der Waals surface area (Å²) >= 11 is 0. The van der Waals surface area contributed by atoms with Crippen molar-refractivity contribution < 1.29 is 43.5 Å². The van der Waals surface area contributed by atoms with E-state index in [9.17, 15) is 38.9 Å². The number of fused-ring (bicyclic) bond motifs is 4. The number of aryl methyl sites for hydroxylation is 1. The monoisotopic (exact) mass is 716 g/mol. The Kier molecular flexibility index (Phi) is 8.65. The van der Waals surface area contributed by atoms with Crippen molar-refractivity contribution in [3.63, 3.8) is 0 Å². The molecule has 49 heavy (non-hydrogen) atoms. The number of nitrogens with zero attached hydrogens (tertiary/aromatic N) is 2. The number of para-hydroxylation sites is 1. The quantitative estimate of drug-likeness (QED) is 0.0941. The van der Waals surface area contributed by atoms with Crippen LogP contribution in [-0.4, -0.2) is 46.0 Å². The van der Waals surface area contributed by atoms with E-state index >= 15 is 0 Å². The van der Waals surface area contributed by atoms with Crippen molar-refractivity contribution in [2.75, 3.05) is 11.9 Å². The molecular formula is C35H28N2O9S3. The molecule has 1 aliphatic heterocycles. The molecule has 0 amide bonds. The maximum Gasteiger partial charge on any atom is 0.294 e. The predicted molar refractivity (Wildman–Crippen MR) is 186 cm³/mol. The van der Waals surface area contributed by atoms with Crippen LogP contribution in [0.25, 0.3) is 33.5 Å². The lowest BCUT2D eigenvalue weighted by atomic mass is 9.90. The molecule has 0 atom stereocenters. The van der Waals surface area contributed by atoms with E-state index in [1.165, 1.54) is 36.4 Å². The van der Waals surface area contributed by atoms with Gasteiger partial charge < -0.3 is 9.45 Å². The summed E-state index contributed by atoms with van der Waals surface area (Å²) in [6, 6.07) is 20.2.